The maximum Gasteiger partial charge on any atom is 0.118 e. The zero-order chi connectivity index (χ0) is 21.7. The molecule has 0 fully saturated rings. The van der Waals surface area contributed by atoms with Gasteiger partial charge in [0.2, 0.25) is 0 Å². The van der Waals surface area contributed by atoms with Crippen LogP contribution >= 0.6 is 0 Å². The number of hydrogen-bond donors (Lipinski definition) is 0. The Kier molecular flexibility index (Phi) is 4.26. The Balaban J connectivity index is 1.89. The molecule has 154 valence electrons. The largest absolute Gasteiger partial charge is 0.497 e. The first kappa shape index (κ1) is 18.7. The minimum absolute atomic E-state index is 0.847. The highest BCUT2D eigenvalue weighted by Crippen LogP contribution is 2.50. The summed E-state index contributed by atoms with van der Waals surface area (Å²) < 4.78 is 11.0. The molecule has 2 nitrogen and oxygen atoms in total. The summed E-state index contributed by atoms with van der Waals surface area (Å²) in [6.45, 7) is 0. The maximum atomic E-state index is 5.54. The van der Waals surface area contributed by atoms with Crippen molar-refractivity contribution in [2.75, 3.05) is 14.2 Å². The lowest BCUT2D eigenvalue weighted by Gasteiger charge is -2.10. The van der Waals surface area contributed by atoms with Crippen LogP contribution in [0.5, 0.6) is 11.5 Å². The van der Waals surface area contributed by atoms with Crippen molar-refractivity contribution in [1.82, 2.24) is 0 Å². The van der Waals surface area contributed by atoms with Crippen molar-refractivity contribution in [3.63, 3.8) is 0 Å². The monoisotopic (exact) mass is 414 g/mol. The molecule has 0 bridgehead atoms. The van der Waals surface area contributed by atoms with Crippen LogP contribution in [0.15, 0.2) is 97.1 Å². The van der Waals surface area contributed by atoms with Gasteiger partial charge in [-0.15, -0.1) is 0 Å². The number of methoxy groups -OCH3 is 2. The highest BCUT2D eigenvalue weighted by Gasteiger charge is 2.23. The smallest absolute Gasteiger partial charge is 0.118 e. The zero-order valence-electron chi connectivity index (χ0n) is 18.1. The van der Waals surface area contributed by atoms with E-state index in [1.54, 1.807) is 14.2 Å². The number of hydrogen-bond acceptors (Lipinski definition) is 2. The molecule has 6 rings (SSSR count). The summed E-state index contributed by atoms with van der Waals surface area (Å²) >= 11 is 0. The normalized spacial score (nSPS) is 11.4. The van der Waals surface area contributed by atoms with Crippen LogP contribution in [0.3, 0.4) is 0 Å². The fraction of sp³-hybridized carbons (Fsp3) is 0.0667. The van der Waals surface area contributed by atoms with E-state index in [2.05, 4.69) is 84.9 Å². The molecule has 0 saturated heterocycles. The summed E-state index contributed by atoms with van der Waals surface area (Å²) in [5.41, 5.74) is 4.88. The van der Waals surface area contributed by atoms with Gasteiger partial charge in [0.05, 0.1) is 14.2 Å². The summed E-state index contributed by atoms with van der Waals surface area (Å²) in [5, 5.41) is 7.70. The summed E-state index contributed by atoms with van der Waals surface area (Å²) in [5.74, 6) is 1.71. The van der Waals surface area contributed by atoms with E-state index in [4.69, 9.17) is 9.47 Å². The van der Waals surface area contributed by atoms with Gasteiger partial charge in [-0.2, -0.15) is 0 Å². The van der Waals surface area contributed by atoms with E-state index in [0.29, 0.717) is 0 Å². The third-order valence-corrected chi connectivity index (χ3v) is 6.45. The number of benzene rings is 4. The van der Waals surface area contributed by atoms with Gasteiger partial charge in [-0.3, -0.25) is 0 Å². The van der Waals surface area contributed by atoms with E-state index in [9.17, 15) is 0 Å². The average Bonchev–Trinajstić information content (AvgIpc) is 3.04. The SMILES string of the molecule is COc1ccc(-c2c3ccc(OC)ccc-3c3c4ccccc4c4ccccc4c23)cc1. The Morgan fingerprint density at radius 3 is 1.47 bits per heavy atom. The number of rotatable bonds is 3. The zero-order valence-corrected chi connectivity index (χ0v) is 18.1. The molecule has 4 aromatic rings. The Bertz CT molecular complexity index is 1580. The van der Waals surface area contributed by atoms with Crippen LogP contribution in [-0.4, -0.2) is 14.2 Å². The molecule has 0 atom stereocenters. The minimum atomic E-state index is 0.847. The second-order valence-electron chi connectivity index (χ2n) is 8.05. The molecular weight excluding hydrogens is 392 g/mol. The molecule has 32 heavy (non-hydrogen) atoms. The predicted octanol–water partition coefficient (Wildman–Crippen LogP) is 7.94. The summed E-state index contributed by atoms with van der Waals surface area (Å²) in [7, 11) is 3.42. The van der Waals surface area contributed by atoms with Gasteiger partial charge in [0.15, 0.2) is 0 Å². The van der Waals surface area contributed by atoms with E-state index >= 15 is 0 Å². The second-order valence-corrected chi connectivity index (χ2v) is 8.05. The minimum Gasteiger partial charge on any atom is -0.497 e. The summed E-state index contributed by atoms with van der Waals surface area (Å²) in [4.78, 5) is 0. The highest BCUT2D eigenvalue weighted by molar-refractivity contribution is 6.35. The van der Waals surface area contributed by atoms with Crippen molar-refractivity contribution in [3.05, 3.63) is 97.1 Å². The van der Waals surface area contributed by atoms with E-state index in [-0.39, 0.29) is 0 Å². The van der Waals surface area contributed by atoms with Gasteiger partial charge in [0, 0.05) is 0 Å². The molecule has 0 aliphatic heterocycles. The Labute approximate surface area is 187 Å². The summed E-state index contributed by atoms with van der Waals surface area (Å²) in [6.07, 6.45) is 0. The molecule has 0 N–H and O–H groups in total. The highest BCUT2D eigenvalue weighted by atomic mass is 16.5. The maximum absolute atomic E-state index is 5.54. The molecule has 0 saturated carbocycles. The van der Waals surface area contributed by atoms with Gasteiger partial charge in [-0.25, -0.2) is 0 Å². The van der Waals surface area contributed by atoms with E-state index < -0.39 is 0 Å². The lowest BCUT2D eigenvalue weighted by atomic mass is 9.93. The fourth-order valence-corrected chi connectivity index (χ4v) is 5.01. The van der Waals surface area contributed by atoms with Gasteiger partial charge in [-0.1, -0.05) is 72.8 Å². The van der Waals surface area contributed by atoms with Crippen LogP contribution in [-0.2, 0) is 0 Å². The molecular formula is C30H22O2. The lowest BCUT2D eigenvalue weighted by molar-refractivity contribution is 0.415. The van der Waals surface area contributed by atoms with Crippen molar-refractivity contribution >= 4 is 32.3 Å². The van der Waals surface area contributed by atoms with Gasteiger partial charge < -0.3 is 9.47 Å². The molecule has 2 aliphatic rings. The third kappa shape index (κ3) is 2.66. The van der Waals surface area contributed by atoms with Crippen LogP contribution in [0.25, 0.3) is 54.6 Å². The molecule has 0 spiro atoms. The molecule has 2 aliphatic carbocycles. The van der Waals surface area contributed by atoms with Crippen LogP contribution in [0.1, 0.15) is 0 Å². The summed E-state index contributed by atoms with van der Waals surface area (Å²) in [6, 6.07) is 34.3. The van der Waals surface area contributed by atoms with Gasteiger partial charge in [-0.05, 0) is 78.8 Å². The molecule has 0 heterocycles. The molecule has 2 heteroatoms. The van der Waals surface area contributed by atoms with Crippen molar-refractivity contribution in [2.24, 2.45) is 0 Å². The lowest BCUT2D eigenvalue weighted by Crippen LogP contribution is -1.84. The van der Waals surface area contributed by atoms with Gasteiger partial charge >= 0.3 is 0 Å². The van der Waals surface area contributed by atoms with Crippen molar-refractivity contribution in [1.29, 1.82) is 0 Å². The molecule has 4 aromatic carbocycles. The molecule has 0 aromatic heterocycles. The van der Waals surface area contributed by atoms with Gasteiger partial charge in [0.1, 0.15) is 11.5 Å². The van der Waals surface area contributed by atoms with Crippen LogP contribution in [0.4, 0.5) is 0 Å². The van der Waals surface area contributed by atoms with E-state index in [0.717, 1.165) is 11.5 Å². The second kappa shape index (κ2) is 7.28. The first-order chi connectivity index (χ1) is 15.8. The fourth-order valence-electron chi connectivity index (χ4n) is 5.01. The first-order valence-electron chi connectivity index (χ1n) is 10.8. The van der Waals surface area contributed by atoms with Crippen LogP contribution < -0.4 is 9.47 Å². The molecule has 0 amide bonds. The van der Waals surface area contributed by atoms with E-state index in [1.165, 1.54) is 54.6 Å². The van der Waals surface area contributed by atoms with Crippen LogP contribution in [0.2, 0.25) is 0 Å². The topological polar surface area (TPSA) is 18.5 Å². The van der Waals surface area contributed by atoms with Crippen molar-refractivity contribution in [3.8, 4) is 33.8 Å². The van der Waals surface area contributed by atoms with E-state index in [1.807, 2.05) is 12.1 Å². The Morgan fingerprint density at radius 2 is 0.906 bits per heavy atom. The first-order valence-corrected chi connectivity index (χ1v) is 10.8. The standard InChI is InChI=1S/C30H22O2/c1-31-20-13-11-19(12-14-20)28-26-17-15-21(32-2)16-18-27(26)29-24-9-5-3-7-22(24)23-8-4-6-10-25(23)30(28)29/h3-18H,1-2H3. The number of fused-ring (bicyclic) bond motifs is 8. The van der Waals surface area contributed by atoms with Crippen molar-refractivity contribution in [2.45, 2.75) is 0 Å². The molecule has 0 radical (unpaired) electrons. The van der Waals surface area contributed by atoms with Gasteiger partial charge in [0.25, 0.3) is 0 Å². The predicted molar refractivity (Wildman–Crippen MR) is 134 cm³/mol. The quantitative estimate of drug-likeness (QED) is 0.274. The number of ether oxygens (including phenoxy) is 2. The Hall–Kier alpha value is -4.04. The van der Waals surface area contributed by atoms with Crippen molar-refractivity contribution < 1.29 is 9.47 Å². The van der Waals surface area contributed by atoms with Crippen LogP contribution in [0, 0.1) is 0 Å². The molecule has 0 unspecified atom stereocenters. The third-order valence-electron chi connectivity index (χ3n) is 6.45. The Morgan fingerprint density at radius 1 is 0.438 bits per heavy atom. The average molecular weight is 415 g/mol.